The molecule has 0 spiro atoms. The number of unbranched alkanes of at least 4 members (excludes halogenated alkanes) is 11. The molecule has 0 aromatic heterocycles. The Bertz CT molecular complexity index is 263. The molecule has 2 nitrogen and oxygen atoms in total. The lowest BCUT2D eigenvalue weighted by molar-refractivity contribution is -0.149. The lowest BCUT2D eigenvalue weighted by atomic mass is 9.94. The molecule has 2 heteroatoms. The molecule has 0 unspecified atom stereocenters. The van der Waals surface area contributed by atoms with Gasteiger partial charge in [-0.2, -0.15) is 0 Å². The van der Waals surface area contributed by atoms with Crippen LogP contribution in [0.5, 0.6) is 0 Å². The molecule has 0 rings (SSSR count). The molecular formula is C22H44O2. The highest BCUT2D eigenvalue weighted by Crippen LogP contribution is 2.20. The van der Waals surface area contributed by atoms with Crippen molar-refractivity contribution < 1.29 is 9.53 Å². The number of carbonyl (C=O) groups excluding carboxylic acids is 1. The first-order valence-electron chi connectivity index (χ1n) is 10.9. The summed E-state index contributed by atoms with van der Waals surface area (Å²) in [7, 11) is 0. The molecule has 0 bridgehead atoms. The zero-order chi connectivity index (χ0) is 17.9. The van der Waals surface area contributed by atoms with E-state index in [-0.39, 0.29) is 11.9 Å². The first-order valence-corrected chi connectivity index (χ1v) is 10.9. The van der Waals surface area contributed by atoms with Crippen LogP contribution in [0.1, 0.15) is 124 Å². The van der Waals surface area contributed by atoms with Gasteiger partial charge in [0.25, 0.3) is 0 Å². The van der Waals surface area contributed by atoms with Gasteiger partial charge in [0.2, 0.25) is 0 Å². The molecule has 0 heterocycles. The molecule has 0 aliphatic rings. The van der Waals surface area contributed by atoms with E-state index in [0.29, 0.717) is 6.61 Å². The van der Waals surface area contributed by atoms with Crippen LogP contribution in [0.25, 0.3) is 0 Å². The highest BCUT2D eigenvalue weighted by atomic mass is 16.5. The van der Waals surface area contributed by atoms with Gasteiger partial charge in [-0.15, -0.1) is 0 Å². The average Bonchev–Trinajstić information content (AvgIpc) is 2.59. The zero-order valence-electron chi connectivity index (χ0n) is 16.9. The Hall–Kier alpha value is -0.530. The molecule has 0 aliphatic carbocycles. The quantitative estimate of drug-likeness (QED) is 0.191. The van der Waals surface area contributed by atoms with Gasteiger partial charge in [-0.1, -0.05) is 104 Å². The van der Waals surface area contributed by atoms with Crippen LogP contribution in [0.3, 0.4) is 0 Å². The molecule has 0 saturated carbocycles. The molecule has 0 N–H and O–H groups in total. The van der Waals surface area contributed by atoms with Crippen LogP contribution in [0, 0.1) is 5.92 Å². The SMILES string of the molecule is CCCCCCCC[C@H](CCCCCC)C(=O)OCCCCCC. The second kappa shape index (κ2) is 18.8. The van der Waals surface area contributed by atoms with E-state index in [1.165, 1.54) is 83.5 Å². The average molecular weight is 341 g/mol. The summed E-state index contributed by atoms with van der Waals surface area (Å²) in [5.41, 5.74) is 0. The van der Waals surface area contributed by atoms with Gasteiger partial charge in [-0.25, -0.2) is 0 Å². The van der Waals surface area contributed by atoms with E-state index in [1.807, 2.05) is 0 Å². The van der Waals surface area contributed by atoms with Crippen LogP contribution in [-0.4, -0.2) is 12.6 Å². The third-order valence-corrected chi connectivity index (χ3v) is 4.89. The third kappa shape index (κ3) is 15.0. The van der Waals surface area contributed by atoms with Crippen LogP contribution >= 0.6 is 0 Å². The van der Waals surface area contributed by atoms with E-state index in [1.54, 1.807) is 0 Å². The van der Waals surface area contributed by atoms with Crippen molar-refractivity contribution in [1.29, 1.82) is 0 Å². The van der Waals surface area contributed by atoms with Gasteiger partial charge in [-0.3, -0.25) is 4.79 Å². The molecular weight excluding hydrogens is 296 g/mol. The van der Waals surface area contributed by atoms with Gasteiger partial charge in [0, 0.05) is 0 Å². The van der Waals surface area contributed by atoms with Crippen LogP contribution < -0.4 is 0 Å². The molecule has 1 atom stereocenters. The third-order valence-electron chi connectivity index (χ3n) is 4.89. The minimum absolute atomic E-state index is 0.0801. The van der Waals surface area contributed by atoms with Crippen LogP contribution in [-0.2, 0) is 9.53 Å². The molecule has 24 heavy (non-hydrogen) atoms. The fourth-order valence-corrected chi connectivity index (χ4v) is 3.19. The summed E-state index contributed by atoms with van der Waals surface area (Å²) in [5.74, 6) is 0.232. The second-order valence-electron chi connectivity index (χ2n) is 7.33. The Balaban J connectivity index is 3.98. The predicted molar refractivity (Wildman–Crippen MR) is 105 cm³/mol. The minimum Gasteiger partial charge on any atom is -0.465 e. The van der Waals surface area contributed by atoms with Crippen molar-refractivity contribution in [3.63, 3.8) is 0 Å². The summed E-state index contributed by atoms with van der Waals surface area (Å²) in [6.45, 7) is 7.32. The molecule has 0 fully saturated rings. The van der Waals surface area contributed by atoms with Crippen molar-refractivity contribution in [3.8, 4) is 0 Å². The predicted octanol–water partition coefficient (Wildman–Crippen LogP) is 7.45. The van der Waals surface area contributed by atoms with E-state index in [0.717, 1.165) is 19.3 Å². The summed E-state index contributed by atoms with van der Waals surface area (Å²) < 4.78 is 5.56. The molecule has 0 aromatic carbocycles. The highest BCUT2D eigenvalue weighted by molar-refractivity contribution is 5.72. The minimum atomic E-state index is 0.0801. The Kier molecular flexibility index (Phi) is 18.4. The summed E-state index contributed by atoms with van der Waals surface area (Å²) in [6, 6.07) is 0. The zero-order valence-corrected chi connectivity index (χ0v) is 16.9. The Morgan fingerprint density at radius 2 is 1.04 bits per heavy atom. The maximum atomic E-state index is 12.4. The number of hydrogen-bond donors (Lipinski definition) is 0. The lowest BCUT2D eigenvalue weighted by Gasteiger charge is -2.16. The van der Waals surface area contributed by atoms with Crippen LogP contribution in [0.4, 0.5) is 0 Å². The van der Waals surface area contributed by atoms with Crippen LogP contribution in [0.15, 0.2) is 0 Å². The first-order chi connectivity index (χ1) is 11.8. The number of ether oxygens (including phenoxy) is 1. The van der Waals surface area contributed by atoms with E-state index in [2.05, 4.69) is 20.8 Å². The maximum absolute atomic E-state index is 12.4. The summed E-state index contributed by atoms with van der Waals surface area (Å²) in [6.07, 6.45) is 19.5. The lowest BCUT2D eigenvalue weighted by Crippen LogP contribution is -2.18. The van der Waals surface area contributed by atoms with Crippen molar-refractivity contribution in [1.82, 2.24) is 0 Å². The molecule has 0 aliphatic heterocycles. The fourth-order valence-electron chi connectivity index (χ4n) is 3.19. The van der Waals surface area contributed by atoms with Crippen molar-refractivity contribution in [2.45, 2.75) is 124 Å². The van der Waals surface area contributed by atoms with E-state index < -0.39 is 0 Å². The van der Waals surface area contributed by atoms with Crippen molar-refractivity contribution in [3.05, 3.63) is 0 Å². The fraction of sp³-hybridized carbons (Fsp3) is 0.955. The van der Waals surface area contributed by atoms with Gasteiger partial charge in [0.1, 0.15) is 0 Å². The molecule has 0 saturated heterocycles. The maximum Gasteiger partial charge on any atom is 0.308 e. The second-order valence-corrected chi connectivity index (χ2v) is 7.33. The Morgan fingerprint density at radius 3 is 1.58 bits per heavy atom. The number of rotatable bonds is 18. The van der Waals surface area contributed by atoms with Gasteiger partial charge in [-0.05, 0) is 19.3 Å². The normalized spacial score (nSPS) is 12.3. The first kappa shape index (κ1) is 23.5. The number of carbonyl (C=O) groups is 1. The summed E-state index contributed by atoms with van der Waals surface area (Å²) in [5, 5.41) is 0. The van der Waals surface area contributed by atoms with Crippen molar-refractivity contribution >= 4 is 5.97 Å². The van der Waals surface area contributed by atoms with E-state index in [4.69, 9.17) is 4.74 Å². The van der Waals surface area contributed by atoms with Gasteiger partial charge in [0.15, 0.2) is 0 Å². The van der Waals surface area contributed by atoms with Gasteiger partial charge in [0.05, 0.1) is 12.5 Å². The molecule has 0 radical (unpaired) electrons. The smallest absolute Gasteiger partial charge is 0.308 e. The van der Waals surface area contributed by atoms with E-state index in [9.17, 15) is 4.79 Å². The van der Waals surface area contributed by atoms with Crippen molar-refractivity contribution in [2.75, 3.05) is 6.61 Å². The molecule has 0 aromatic rings. The van der Waals surface area contributed by atoms with Gasteiger partial charge >= 0.3 is 5.97 Å². The largest absolute Gasteiger partial charge is 0.465 e. The van der Waals surface area contributed by atoms with Gasteiger partial charge < -0.3 is 4.74 Å². The standard InChI is InChI=1S/C22H44O2/c1-4-7-10-13-14-16-19-21(18-15-11-8-5-2)22(23)24-20-17-12-9-6-3/h21H,4-20H2,1-3H3/t21-/m0/s1. The molecule has 0 amide bonds. The highest BCUT2D eigenvalue weighted by Gasteiger charge is 2.19. The monoisotopic (exact) mass is 340 g/mol. The number of esters is 1. The Morgan fingerprint density at radius 1 is 0.625 bits per heavy atom. The van der Waals surface area contributed by atoms with Crippen molar-refractivity contribution in [2.24, 2.45) is 5.92 Å². The molecule has 144 valence electrons. The number of hydrogen-bond acceptors (Lipinski definition) is 2. The van der Waals surface area contributed by atoms with Crippen LogP contribution in [0.2, 0.25) is 0 Å². The Labute approximate surface area is 152 Å². The van der Waals surface area contributed by atoms with E-state index >= 15 is 0 Å². The summed E-state index contributed by atoms with van der Waals surface area (Å²) >= 11 is 0. The summed E-state index contributed by atoms with van der Waals surface area (Å²) in [4.78, 5) is 12.4. The topological polar surface area (TPSA) is 26.3 Å².